The summed E-state index contributed by atoms with van der Waals surface area (Å²) in [6.45, 7) is 3.62. The minimum absolute atomic E-state index is 0.488. The van der Waals surface area contributed by atoms with Crippen molar-refractivity contribution in [1.29, 1.82) is 0 Å². The summed E-state index contributed by atoms with van der Waals surface area (Å²) in [4.78, 5) is 0. The molecule has 2 aromatic rings. The third-order valence-electron chi connectivity index (χ3n) is 8.03. The van der Waals surface area contributed by atoms with Gasteiger partial charge in [-0.25, -0.2) is 0 Å². The average Bonchev–Trinajstić information content (AvgIpc) is 3.03. The molecule has 1 heteroatoms. The maximum absolute atomic E-state index is 3.95. The molecule has 1 nitrogen and oxygen atoms in total. The summed E-state index contributed by atoms with van der Waals surface area (Å²) in [5.74, 6) is 2.64. The molecule has 0 radical (unpaired) electrons. The summed E-state index contributed by atoms with van der Waals surface area (Å²) in [6, 6.07) is 20.9. The van der Waals surface area contributed by atoms with Crippen LogP contribution in [0.15, 0.2) is 54.6 Å². The lowest BCUT2D eigenvalue weighted by molar-refractivity contribution is 0.0408. The molecule has 5 rings (SSSR count). The summed E-state index contributed by atoms with van der Waals surface area (Å²) in [5, 5.41) is 3.95. The molecule has 3 aliphatic rings. The van der Waals surface area contributed by atoms with Crippen molar-refractivity contribution in [2.24, 2.45) is 17.3 Å². The van der Waals surface area contributed by atoms with Crippen molar-refractivity contribution < 1.29 is 0 Å². The van der Waals surface area contributed by atoms with Gasteiger partial charge in [0.1, 0.15) is 0 Å². The standard InChI is InChI=1S/C25H31N/c1-25-16-15-21-20-10-6-5-9-19(20)11-12-22(21)23(25)13-14-24(25)26-17-18-7-3-2-4-8-18/h2-10,21-24,26H,11-17H2,1H3/t21-,22-,23+,24+,25+/m1/s1. The van der Waals surface area contributed by atoms with E-state index in [1.165, 1.54) is 44.1 Å². The van der Waals surface area contributed by atoms with Gasteiger partial charge in [0, 0.05) is 12.6 Å². The maximum Gasteiger partial charge on any atom is 0.0208 e. The summed E-state index contributed by atoms with van der Waals surface area (Å²) in [6.07, 6.45) is 8.27. The molecule has 0 bridgehead atoms. The molecule has 0 heterocycles. The molecule has 1 N–H and O–H groups in total. The van der Waals surface area contributed by atoms with Crippen molar-refractivity contribution in [2.45, 2.75) is 64.0 Å². The van der Waals surface area contributed by atoms with E-state index in [1.54, 1.807) is 11.1 Å². The van der Waals surface area contributed by atoms with Gasteiger partial charge in [-0.1, -0.05) is 61.5 Å². The number of hydrogen-bond donors (Lipinski definition) is 1. The van der Waals surface area contributed by atoms with E-state index < -0.39 is 0 Å². The van der Waals surface area contributed by atoms with Gasteiger partial charge in [0.15, 0.2) is 0 Å². The number of hydrogen-bond acceptors (Lipinski definition) is 1. The highest BCUT2D eigenvalue weighted by Gasteiger charge is 2.54. The fourth-order valence-electron chi connectivity index (χ4n) is 6.69. The van der Waals surface area contributed by atoms with Crippen molar-refractivity contribution in [3.63, 3.8) is 0 Å². The lowest BCUT2D eigenvalue weighted by Gasteiger charge is -2.51. The second-order valence-electron chi connectivity index (χ2n) is 9.16. The zero-order valence-electron chi connectivity index (χ0n) is 16.0. The Labute approximate surface area is 158 Å². The predicted octanol–water partition coefficient (Wildman–Crippen LogP) is 5.70. The molecule has 0 amide bonds. The molecule has 0 aliphatic heterocycles. The molecule has 0 saturated heterocycles. The molecule has 3 aliphatic carbocycles. The SMILES string of the molecule is C[C@]12CC[C@@H]3c4ccccc4CC[C@H]3[C@@H]1CC[C@@H]2NCc1ccccc1. The minimum Gasteiger partial charge on any atom is -0.309 e. The Bertz CT molecular complexity index is 767. The molecule has 0 aromatic heterocycles. The minimum atomic E-state index is 0.488. The van der Waals surface area contributed by atoms with Gasteiger partial charge in [-0.3, -0.25) is 0 Å². The van der Waals surface area contributed by atoms with Gasteiger partial charge in [-0.2, -0.15) is 0 Å². The Morgan fingerprint density at radius 2 is 1.73 bits per heavy atom. The van der Waals surface area contributed by atoms with Crippen LogP contribution in [0.1, 0.15) is 61.6 Å². The van der Waals surface area contributed by atoms with Gasteiger partial charge >= 0.3 is 0 Å². The molecule has 2 saturated carbocycles. The Hall–Kier alpha value is -1.60. The topological polar surface area (TPSA) is 12.0 Å². The quantitative estimate of drug-likeness (QED) is 0.752. The lowest BCUT2D eigenvalue weighted by Crippen LogP contribution is -2.48. The van der Waals surface area contributed by atoms with Crippen molar-refractivity contribution in [1.82, 2.24) is 5.32 Å². The molecule has 0 unspecified atom stereocenters. The first-order chi connectivity index (χ1) is 12.8. The number of aryl methyl sites for hydroxylation is 1. The van der Waals surface area contributed by atoms with Gasteiger partial charge in [-0.05, 0) is 78.4 Å². The highest BCUT2D eigenvalue weighted by atomic mass is 14.9. The van der Waals surface area contributed by atoms with Crippen LogP contribution in [0.25, 0.3) is 0 Å². The Morgan fingerprint density at radius 1 is 0.923 bits per heavy atom. The van der Waals surface area contributed by atoms with Gasteiger partial charge in [0.25, 0.3) is 0 Å². The van der Waals surface area contributed by atoms with E-state index in [0.717, 1.165) is 24.3 Å². The third-order valence-corrected chi connectivity index (χ3v) is 8.03. The number of benzene rings is 2. The van der Waals surface area contributed by atoms with Crippen LogP contribution in [0.4, 0.5) is 0 Å². The Balaban J connectivity index is 1.34. The van der Waals surface area contributed by atoms with E-state index in [0.29, 0.717) is 11.5 Å². The molecule has 0 spiro atoms. The maximum atomic E-state index is 3.95. The first-order valence-electron chi connectivity index (χ1n) is 10.6. The van der Waals surface area contributed by atoms with E-state index in [1.807, 2.05) is 0 Å². The van der Waals surface area contributed by atoms with Crippen LogP contribution >= 0.6 is 0 Å². The molecular formula is C25H31N. The molecule has 26 heavy (non-hydrogen) atoms. The van der Waals surface area contributed by atoms with Crippen LogP contribution in [0.3, 0.4) is 0 Å². The fraction of sp³-hybridized carbons (Fsp3) is 0.520. The summed E-state index contributed by atoms with van der Waals surface area (Å²) < 4.78 is 0. The first-order valence-corrected chi connectivity index (χ1v) is 10.6. The summed E-state index contributed by atoms with van der Waals surface area (Å²) in [5.41, 5.74) is 5.22. The van der Waals surface area contributed by atoms with Crippen molar-refractivity contribution in [2.75, 3.05) is 0 Å². The molecule has 5 atom stereocenters. The monoisotopic (exact) mass is 345 g/mol. The van der Waals surface area contributed by atoms with Crippen LogP contribution in [0.5, 0.6) is 0 Å². The van der Waals surface area contributed by atoms with Crippen molar-refractivity contribution in [3.8, 4) is 0 Å². The van der Waals surface area contributed by atoms with Gasteiger partial charge in [0.05, 0.1) is 0 Å². The summed E-state index contributed by atoms with van der Waals surface area (Å²) >= 11 is 0. The van der Waals surface area contributed by atoms with Crippen LogP contribution < -0.4 is 5.32 Å². The fourth-order valence-corrected chi connectivity index (χ4v) is 6.69. The van der Waals surface area contributed by atoms with Crippen LogP contribution in [0.2, 0.25) is 0 Å². The predicted molar refractivity (Wildman–Crippen MR) is 108 cm³/mol. The third kappa shape index (κ3) is 2.63. The van der Waals surface area contributed by atoms with Crippen molar-refractivity contribution in [3.05, 3.63) is 71.3 Å². The zero-order chi connectivity index (χ0) is 17.6. The zero-order valence-corrected chi connectivity index (χ0v) is 16.0. The largest absolute Gasteiger partial charge is 0.309 e. The lowest BCUT2D eigenvalue weighted by atomic mass is 9.55. The number of nitrogens with one attached hydrogen (secondary N) is 1. The van der Waals surface area contributed by atoms with E-state index in [9.17, 15) is 0 Å². The van der Waals surface area contributed by atoms with Gasteiger partial charge < -0.3 is 5.32 Å². The van der Waals surface area contributed by atoms with Crippen LogP contribution in [-0.2, 0) is 13.0 Å². The molecule has 136 valence electrons. The van der Waals surface area contributed by atoms with Crippen molar-refractivity contribution >= 4 is 0 Å². The second kappa shape index (κ2) is 6.53. The highest BCUT2D eigenvalue weighted by Crippen LogP contribution is 2.60. The van der Waals surface area contributed by atoms with E-state index in [-0.39, 0.29) is 0 Å². The van der Waals surface area contributed by atoms with E-state index >= 15 is 0 Å². The average molecular weight is 346 g/mol. The summed E-state index contributed by atoms with van der Waals surface area (Å²) in [7, 11) is 0. The van der Waals surface area contributed by atoms with Crippen LogP contribution in [0, 0.1) is 17.3 Å². The van der Waals surface area contributed by atoms with Gasteiger partial charge in [0.2, 0.25) is 0 Å². The van der Waals surface area contributed by atoms with E-state index in [4.69, 9.17) is 0 Å². The van der Waals surface area contributed by atoms with Crippen LogP contribution in [-0.4, -0.2) is 6.04 Å². The molecule has 2 aromatic carbocycles. The normalized spacial score (nSPS) is 35.4. The number of fused-ring (bicyclic) bond motifs is 5. The smallest absolute Gasteiger partial charge is 0.0208 e. The molecule has 2 fully saturated rings. The Morgan fingerprint density at radius 3 is 2.62 bits per heavy atom. The van der Waals surface area contributed by atoms with E-state index in [2.05, 4.69) is 66.8 Å². The molecular weight excluding hydrogens is 314 g/mol. The number of rotatable bonds is 3. The second-order valence-corrected chi connectivity index (χ2v) is 9.16. The first kappa shape index (κ1) is 16.6. The highest BCUT2D eigenvalue weighted by molar-refractivity contribution is 5.35. The van der Waals surface area contributed by atoms with Gasteiger partial charge in [-0.15, -0.1) is 0 Å². The Kier molecular flexibility index (Phi) is 4.16.